The van der Waals surface area contributed by atoms with Crippen molar-refractivity contribution in [2.45, 2.75) is 19.3 Å². The molecule has 28 heavy (non-hydrogen) atoms. The van der Waals surface area contributed by atoms with Gasteiger partial charge in [-0.3, -0.25) is 19.4 Å². The minimum atomic E-state index is -0.403. The fourth-order valence-corrected chi connectivity index (χ4v) is 4.04. The van der Waals surface area contributed by atoms with Crippen LogP contribution in [-0.2, 0) is 14.3 Å². The second-order valence-electron chi connectivity index (χ2n) is 6.93. The maximum Gasteiger partial charge on any atom is 0.241 e. The van der Waals surface area contributed by atoms with E-state index < -0.39 is 5.92 Å². The van der Waals surface area contributed by atoms with Crippen molar-refractivity contribution in [1.82, 2.24) is 15.1 Å². The Morgan fingerprint density at radius 3 is 2.86 bits per heavy atom. The third kappa shape index (κ3) is 5.79. The molecule has 0 spiro atoms. The fourth-order valence-electron chi connectivity index (χ4n) is 3.35. The van der Waals surface area contributed by atoms with Crippen molar-refractivity contribution in [2.75, 3.05) is 45.9 Å². The van der Waals surface area contributed by atoms with Crippen molar-refractivity contribution in [2.24, 2.45) is 10.9 Å². The molecule has 1 fully saturated rings. The van der Waals surface area contributed by atoms with Crippen LogP contribution in [-0.4, -0.2) is 78.4 Å². The van der Waals surface area contributed by atoms with Crippen LogP contribution in [0.25, 0.3) is 0 Å². The number of allylic oxidation sites excluding steroid dienone is 3. The molecule has 2 aliphatic heterocycles. The molecule has 9 heteroatoms. The van der Waals surface area contributed by atoms with Crippen LogP contribution < -0.4 is 5.32 Å². The van der Waals surface area contributed by atoms with E-state index in [1.165, 1.54) is 4.90 Å². The van der Waals surface area contributed by atoms with Gasteiger partial charge < -0.3 is 10.1 Å². The molecular formula is C19H25BrN4O3S. The standard InChI is InChI=1S/C19H25BrN4O3S/c20-14-4-5-16-15(13-14)18(26)24(19(28)22-16)8-1-3-17(25)21-6-2-7-23-9-11-27-12-10-23/h4-5,13,15H,1-3,6-12H2,(H,21,25). The molecule has 0 aromatic carbocycles. The number of nitrogens with zero attached hydrogens (tertiary/aromatic N) is 3. The number of halogens is 1. The van der Waals surface area contributed by atoms with Crippen molar-refractivity contribution in [3.8, 4) is 0 Å². The molecule has 1 N–H and O–H groups in total. The largest absolute Gasteiger partial charge is 0.379 e. The van der Waals surface area contributed by atoms with E-state index in [4.69, 9.17) is 17.0 Å². The van der Waals surface area contributed by atoms with Crippen LogP contribution in [0.1, 0.15) is 19.3 Å². The Morgan fingerprint density at radius 1 is 1.29 bits per heavy atom. The van der Waals surface area contributed by atoms with Gasteiger partial charge in [0.1, 0.15) is 5.92 Å². The van der Waals surface area contributed by atoms with Gasteiger partial charge in [-0.15, -0.1) is 0 Å². The monoisotopic (exact) mass is 468 g/mol. The summed E-state index contributed by atoms with van der Waals surface area (Å²) < 4.78 is 6.18. The summed E-state index contributed by atoms with van der Waals surface area (Å²) in [5, 5.41) is 3.22. The summed E-state index contributed by atoms with van der Waals surface area (Å²) in [6.07, 6.45) is 7.33. The van der Waals surface area contributed by atoms with Crippen LogP contribution >= 0.6 is 28.1 Å². The van der Waals surface area contributed by atoms with Crippen LogP contribution in [0.3, 0.4) is 0 Å². The minimum absolute atomic E-state index is 0.00443. The van der Waals surface area contributed by atoms with Gasteiger partial charge in [0.25, 0.3) is 0 Å². The molecule has 2 heterocycles. The van der Waals surface area contributed by atoms with Gasteiger partial charge in [0, 0.05) is 37.1 Å². The van der Waals surface area contributed by atoms with Crippen molar-refractivity contribution in [3.63, 3.8) is 0 Å². The number of hydrogen-bond donors (Lipinski definition) is 1. The van der Waals surface area contributed by atoms with Crippen molar-refractivity contribution in [3.05, 3.63) is 22.7 Å². The van der Waals surface area contributed by atoms with Gasteiger partial charge in [-0.25, -0.2) is 4.99 Å². The number of carbonyl (C=O) groups is 2. The highest BCUT2D eigenvalue weighted by Crippen LogP contribution is 2.25. The van der Waals surface area contributed by atoms with Crippen LogP contribution in [0.5, 0.6) is 0 Å². The smallest absolute Gasteiger partial charge is 0.241 e. The predicted molar refractivity (Wildman–Crippen MR) is 116 cm³/mol. The fraction of sp³-hybridized carbons (Fsp3) is 0.579. The summed E-state index contributed by atoms with van der Waals surface area (Å²) in [6.45, 7) is 5.55. The summed E-state index contributed by atoms with van der Waals surface area (Å²) in [6, 6.07) is 0. The lowest BCUT2D eigenvalue weighted by atomic mass is 9.95. The SMILES string of the molecule is O=C(CCCN1C(=O)C2C=C(Br)C=CC2=NC1=S)NCCCN1CCOCC1. The van der Waals surface area contributed by atoms with E-state index in [9.17, 15) is 9.59 Å². The molecule has 0 bridgehead atoms. The first-order chi connectivity index (χ1) is 13.5. The van der Waals surface area contributed by atoms with Gasteiger partial charge in [0.2, 0.25) is 16.9 Å². The molecule has 1 unspecified atom stereocenters. The first kappa shape index (κ1) is 21.3. The van der Waals surface area contributed by atoms with Gasteiger partial charge in [0.15, 0.2) is 0 Å². The minimum Gasteiger partial charge on any atom is -0.379 e. The highest BCUT2D eigenvalue weighted by atomic mass is 79.9. The maximum atomic E-state index is 12.7. The Labute approximate surface area is 179 Å². The highest BCUT2D eigenvalue weighted by molar-refractivity contribution is 9.11. The molecule has 0 aromatic heterocycles. The summed E-state index contributed by atoms with van der Waals surface area (Å²) in [7, 11) is 0. The Bertz CT molecular complexity index is 716. The third-order valence-corrected chi connectivity index (χ3v) is 5.75. The quantitative estimate of drug-likeness (QED) is 0.432. The van der Waals surface area contributed by atoms with E-state index in [1.54, 1.807) is 6.08 Å². The maximum absolute atomic E-state index is 12.7. The Kier molecular flexibility index (Phi) is 7.90. The molecule has 0 saturated carbocycles. The van der Waals surface area contributed by atoms with E-state index in [2.05, 4.69) is 31.1 Å². The average Bonchev–Trinajstić information content (AvgIpc) is 2.69. The Balaban J connectivity index is 1.35. The van der Waals surface area contributed by atoms with Gasteiger partial charge >= 0.3 is 0 Å². The highest BCUT2D eigenvalue weighted by Gasteiger charge is 2.34. The second-order valence-corrected chi connectivity index (χ2v) is 8.21. The zero-order valence-corrected chi connectivity index (χ0v) is 18.1. The number of thiocarbonyl (C=S) groups is 1. The van der Waals surface area contributed by atoms with Crippen LogP contribution in [0.15, 0.2) is 27.7 Å². The summed E-state index contributed by atoms with van der Waals surface area (Å²) in [5.41, 5.74) is 0.674. The lowest BCUT2D eigenvalue weighted by Crippen LogP contribution is -2.46. The number of carbonyl (C=O) groups excluding carboxylic acids is 2. The summed E-state index contributed by atoms with van der Waals surface area (Å²) >= 11 is 8.66. The van der Waals surface area contributed by atoms with Crippen LogP contribution in [0, 0.1) is 5.92 Å². The normalized spacial score (nSPS) is 22.6. The molecule has 1 saturated heterocycles. The second kappa shape index (κ2) is 10.4. The number of morpholine rings is 1. The molecule has 2 amide bonds. The number of ether oxygens (including phenoxy) is 1. The Hall–Kier alpha value is -1.42. The van der Waals surface area contributed by atoms with Crippen molar-refractivity contribution < 1.29 is 14.3 Å². The zero-order valence-electron chi connectivity index (χ0n) is 15.7. The van der Waals surface area contributed by atoms with E-state index in [0.717, 1.165) is 43.8 Å². The molecule has 1 atom stereocenters. The number of nitrogens with one attached hydrogen (secondary N) is 1. The summed E-state index contributed by atoms with van der Waals surface area (Å²) in [4.78, 5) is 32.9. The number of hydrogen-bond acceptors (Lipinski definition) is 5. The number of rotatable bonds is 8. The molecule has 0 radical (unpaired) electrons. The Morgan fingerprint density at radius 2 is 2.07 bits per heavy atom. The van der Waals surface area contributed by atoms with Crippen LogP contribution in [0.4, 0.5) is 0 Å². The number of fused-ring (bicyclic) bond motifs is 1. The van der Waals surface area contributed by atoms with Crippen molar-refractivity contribution in [1.29, 1.82) is 0 Å². The van der Waals surface area contributed by atoms with Gasteiger partial charge in [-0.1, -0.05) is 22.0 Å². The molecule has 3 aliphatic rings. The summed E-state index contributed by atoms with van der Waals surface area (Å²) in [5.74, 6) is -0.480. The first-order valence-corrected chi connectivity index (χ1v) is 10.8. The number of aliphatic imine (C=N–C) groups is 1. The topological polar surface area (TPSA) is 74.2 Å². The zero-order chi connectivity index (χ0) is 19.9. The lowest BCUT2D eigenvalue weighted by molar-refractivity contribution is -0.129. The molecule has 1 aliphatic carbocycles. The van der Waals surface area contributed by atoms with Crippen LogP contribution in [0.2, 0.25) is 0 Å². The van der Waals surface area contributed by atoms with Gasteiger partial charge in [-0.05, 0) is 43.8 Å². The molecular weight excluding hydrogens is 444 g/mol. The van der Waals surface area contributed by atoms with E-state index in [-0.39, 0.29) is 16.9 Å². The van der Waals surface area contributed by atoms with Gasteiger partial charge in [-0.2, -0.15) is 0 Å². The third-order valence-electron chi connectivity index (χ3n) is 4.91. The molecule has 152 valence electrons. The average molecular weight is 469 g/mol. The van der Waals surface area contributed by atoms with E-state index in [1.807, 2.05) is 12.2 Å². The van der Waals surface area contributed by atoms with E-state index in [0.29, 0.717) is 31.6 Å². The lowest BCUT2D eigenvalue weighted by Gasteiger charge is -2.30. The van der Waals surface area contributed by atoms with Crippen molar-refractivity contribution >= 4 is 50.8 Å². The number of amides is 2. The first-order valence-electron chi connectivity index (χ1n) is 9.61. The van der Waals surface area contributed by atoms with E-state index >= 15 is 0 Å². The van der Waals surface area contributed by atoms with Gasteiger partial charge in [0.05, 0.1) is 18.9 Å². The molecule has 7 nitrogen and oxygen atoms in total. The predicted octanol–water partition coefficient (Wildman–Crippen LogP) is 1.64. The molecule has 3 rings (SSSR count). The molecule has 0 aromatic rings.